The molecular formula is C23H19ClN2O7S. The Morgan fingerprint density at radius 1 is 1.24 bits per heavy atom. The van der Waals surface area contributed by atoms with E-state index >= 15 is 0 Å². The van der Waals surface area contributed by atoms with Crippen molar-refractivity contribution in [1.29, 1.82) is 0 Å². The number of benzene rings is 2. The molecule has 0 radical (unpaired) electrons. The lowest BCUT2D eigenvalue weighted by atomic mass is 10.1. The summed E-state index contributed by atoms with van der Waals surface area (Å²) < 4.78 is 12.4. The maximum Gasteiger partial charge on any atom is 0.346 e. The van der Waals surface area contributed by atoms with Crippen molar-refractivity contribution < 1.29 is 24.5 Å². The van der Waals surface area contributed by atoms with E-state index in [1.54, 1.807) is 25.1 Å². The Kier molecular flexibility index (Phi) is 6.73. The summed E-state index contributed by atoms with van der Waals surface area (Å²) in [6.07, 6.45) is -0.489. The third-order valence-electron chi connectivity index (χ3n) is 5.02. The lowest BCUT2D eigenvalue weighted by molar-refractivity contribution is 0.0704. The molecule has 9 nitrogen and oxygen atoms in total. The Labute approximate surface area is 201 Å². The Bertz CT molecular complexity index is 1490. The van der Waals surface area contributed by atoms with Crippen molar-refractivity contribution in [2.75, 3.05) is 13.2 Å². The molecule has 0 spiro atoms. The van der Waals surface area contributed by atoms with Gasteiger partial charge in [-0.25, -0.2) is 14.2 Å². The second-order valence-electron chi connectivity index (χ2n) is 7.21. The molecule has 0 saturated carbocycles. The molecule has 11 heteroatoms. The molecule has 34 heavy (non-hydrogen) atoms. The predicted octanol–water partition coefficient (Wildman–Crippen LogP) is 3.60. The largest absolute Gasteiger partial charge is 0.491 e. The number of halogens is 1. The fourth-order valence-corrected chi connectivity index (χ4v) is 4.55. The Balaban J connectivity index is 1.75. The van der Waals surface area contributed by atoms with Crippen LogP contribution in [0.15, 0.2) is 57.4 Å². The minimum atomic E-state index is -1.27. The Morgan fingerprint density at radius 3 is 2.74 bits per heavy atom. The van der Waals surface area contributed by atoms with Crippen molar-refractivity contribution in [3.63, 3.8) is 0 Å². The monoisotopic (exact) mass is 502 g/mol. The zero-order valence-electron chi connectivity index (χ0n) is 17.8. The summed E-state index contributed by atoms with van der Waals surface area (Å²) in [4.78, 5) is 39.7. The SMILES string of the molecule is CC(Oc1ccc(Cl)c(-n2c(=O)[nH]c3csc(C(=O)O)c3c2=O)c1)c1ccccc1OCCO. The number of nitrogens with zero attached hydrogens (tertiary/aromatic N) is 1. The molecule has 3 N–H and O–H groups in total. The van der Waals surface area contributed by atoms with Gasteiger partial charge in [0.05, 0.1) is 28.2 Å². The summed E-state index contributed by atoms with van der Waals surface area (Å²) in [5.41, 5.74) is -0.639. The van der Waals surface area contributed by atoms with Gasteiger partial charge in [-0.2, -0.15) is 0 Å². The third kappa shape index (κ3) is 4.43. The molecule has 0 aliphatic rings. The molecule has 1 atom stereocenters. The summed E-state index contributed by atoms with van der Waals surface area (Å²) in [6.45, 7) is 1.79. The average Bonchev–Trinajstić information content (AvgIpc) is 3.24. The molecule has 176 valence electrons. The summed E-state index contributed by atoms with van der Waals surface area (Å²) in [5.74, 6) is -0.399. The molecule has 2 aromatic heterocycles. The molecule has 2 aromatic carbocycles. The minimum Gasteiger partial charge on any atom is -0.491 e. The standard InChI is InChI=1S/C23H19ClN2O7S/c1-12(14-4-2-3-5-18(14)32-9-8-27)33-13-6-7-15(24)17(10-13)26-21(28)19-16(25-23(26)31)11-34-20(19)22(29)30/h2-7,10-12,27H,8-9H2,1H3,(H,25,31)(H,29,30). The molecule has 0 fully saturated rings. The Hall–Kier alpha value is -3.60. The molecule has 4 rings (SSSR count). The first kappa shape index (κ1) is 23.6. The smallest absolute Gasteiger partial charge is 0.346 e. The molecule has 4 aromatic rings. The second-order valence-corrected chi connectivity index (χ2v) is 8.50. The van der Waals surface area contributed by atoms with E-state index in [4.69, 9.17) is 26.2 Å². The van der Waals surface area contributed by atoms with E-state index < -0.39 is 23.3 Å². The highest BCUT2D eigenvalue weighted by atomic mass is 35.5. The van der Waals surface area contributed by atoms with Gasteiger partial charge >= 0.3 is 11.7 Å². The van der Waals surface area contributed by atoms with Crippen molar-refractivity contribution in [2.45, 2.75) is 13.0 Å². The lowest BCUT2D eigenvalue weighted by Gasteiger charge is -2.19. The van der Waals surface area contributed by atoms with E-state index in [0.29, 0.717) is 11.5 Å². The summed E-state index contributed by atoms with van der Waals surface area (Å²) in [7, 11) is 0. The van der Waals surface area contributed by atoms with Gasteiger partial charge in [-0.05, 0) is 25.1 Å². The zero-order chi connectivity index (χ0) is 24.4. The fourth-order valence-electron chi connectivity index (χ4n) is 3.52. The van der Waals surface area contributed by atoms with Crippen LogP contribution in [-0.2, 0) is 0 Å². The number of aliphatic hydroxyl groups excluding tert-OH is 1. The summed E-state index contributed by atoms with van der Waals surface area (Å²) >= 11 is 7.16. The number of nitrogens with one attached hydrogen (secondary N) is 1. The lowest BCUT2D eigenvalue weighted by Crippen LogP contribution is -2.34. The van der Waals surface area contributed by atoms with Crippen LogP contribution in [-0.4, -0.2) is 38.9 Å². The van der Waals surface area contributed by atoms with Crippen LogP contribution in [0.3, 0.4) is 0 Å². The maximum atomic E-state index is 13.1. The van der Waals surface area contributed by atoms with Crippen molar-refractivity contribution in [1.82, 2.24) is 9.55 Å². The van der Waals surface area contributed by atoms with Gasteiger partial charge in [0.25, 0.3) is 5.56 Å². The number of fused-ring (bicyclic) bond motifs is 1. The average molecular weight is 503 g/mol. The first-order chi connectivity index (χ1) is 16.3. The van der Waals surface area contributed by atoms with Gasteiger partial charge < -0.3 is 24.7 Å². The highest BCUT2D eigenvalue weighted by Crippen LogP contribution is 2.31. The zero-order valence-corrected chi connectivity index (χ0v) is 19.4. The van der Waals surface area contributed by atoms with Crippen LogP contribution in [0.2, 0.25) is 5.02 Å². The van der Waals surface area contributed by atoms with Crippen molar-refractivity contribution in [3.8, 4) is 17.2 Å². The first-order valence-corrected chi connectivity index (χ1v) is 11.4. The first-order valence-electron chi connectivity index (χ1n) is 10.1. The van der Waals surface area contributed by atoms with Crippen molar-refractivity contribution in [3.05, 3.63) is 84.1 Å². The van der Waals surface area contributed by atoms with Crippen LogP contribution in [0.5, 0.6) is 11.5 Å². The molecule has 0 aliphatic carbocycles. The van der Waals surface area contributed by atoms with Gasteiger partial charge in [0, 0.05) is 17.0 Å². The third-order valence-corrected chi connectivity index (χ3v) is 6.31. The number of para-hydroxylation sites is 1. The topological polar surface area (TPSA) is 131 Å². The predicted molar refractivity (Wildman–Crippen MR) is 128 cm³/mol. The number of aromatic nitrogens is 2. The maximum absolute atomic E-state index is 13.1. The minimum absolute atomic E-state index is 0.0480. The molecular weight excluding hydrogens is 484 g/mol. The molecule has 0 aliphatic heterocycles. The normalized spacial score (nSPS) is 12.0. The number of aromatic amines is 1. The van der Waals surface area contributed by atoms with E-state index in [1.165, 1.54) is 17.5 Å². The Morgan fingerprint density at radius 2 is 2.00 bits per heavy atom. The van der Waals surface area contributed by atoms with Gasteiger partial charge in [0.1, 0.15) is 29.1 Å². The molecule has 2 heterocycles. The summed E-state index contributed by atoms with van der Waals surface area (Å²) in [6, 6.07) is 11.7. The van der Waals surface area contributed by atoms with Crippen LogP contribution >= 0.6 is 22.9 Å². The van der Waals surface area contributed by atoms with Crippen LogP contribution in [0.1, 0.15) is 28.3 Å². The molecule has 0 bridgehead atoms. The van der Waals surface area contributed by atoms with Gasteiger partial charge in [-0.3, -0.25) is 4.79 Å². The number of ether oxygens (including phenoxy) is 2. The van der Waals surface area contributed by atoms with E-state index in [9.17, 15) is 19.5 Å². The van der Waals surface area contributed by atoms with Crippen LogP contribution in [0, 0.1) is 0 Å². The van der Waals surface area contributed by atoms with E-state index in [1.807, 2.05) is 12.1 Å². The number of carboxylic acids is 1. The van der Waals surface area contributed by atoms with Gasteiger partial charge in [-0.15, -0.1) is 11.3 Å². The number of hydrogen-bond donors (Lipinski definition) is 3. The van der Waals surface area contributed by atoms with E-state index in [-0.39, 0.29) is 39.7 Å². The number of carboxylic acid groups (broad SMARTS) is 1. The number of thiophene rings is 1. The number of carbonyl (C=O) groups is 1. The summed E-state index contributed by atoms with van der Waals surface area (Å²) in [5, 5.41) is 19.9. The van der Waals surface area contributed by atoms with Crippen molar-refractivity contribution in [2.24, 2.45) is 0 Å². The van der Waals surface area contributed by atoms with Crippen molar-refractivity contribution >= 4 is 39.8 Å². The molecule has 0 saturated heterocycles. The van der Waals surface area contributed by atoms with Gasteiger partial charge in [-0.1, -0.05) is 29.8 Å². The molecule has 0 amide bonds. The van der Waals surface area contributed by atoms with Crippen LogP contribution < -0.4 is 20.7 Å². The van der Waals surface area contributed by atoms with Crippen LogP contribution in [0.4, 0.5) is 0 Å². The highest BCUT2D eigenvalue weighted by molar-refractivity contribution is 7.13. The van der Waals surface area contributed by atoms with Gasteiger partial charge in [0.15, 0.2) is 0 Å². The molecule has 1 unspecified atom stereocenters. The van der Waals surface area contributed by atoms with Gasteiger partial charge in [0.2, 0.25) is 0 Å². The van der Waals surface area contributed by atoms with Crippen LogP contribution in [0.25, 0.3) is 16.6 Å². The highest BCUT2D eigenvalue weighted by Gasteiger charge is 2.21. The van der Waals surface area contributed by atoms with E-state index in [0.717, 1.165) is 21.5 Å². The second kappa shape index (κ2) is 9.72. The number of H-pyrrole nitrogens is 1. The van der Waals surface area contributed by atoms with E-state index in [2.05, 4.69) is 4.98 Å². The fraction of sp³-hybridized carbons (Fsp3) is 0.174. The number of aliphatic hydroxyl groups is 1. The number of aromatic carboxylic acids is 1. The number of rotatable bonds is 8. The quantitative estimate of drug-likeness (QED) is 0.335. The number of hydrogen-bond acceptors (Lipinski definition) is 7.